The maximum absolute atomic E-state index is 13.5. The minimum Gasteiger partial charge on any atom is -0.366 e. The number of hydrogen-bond donors (Lipinski definition) is 1. The van der Waals surface area contributed by atoms with E-state index < -0.39 is 11.6 Å². The Labute approximate surface area is 163 Å². The Hall–Kier alpha value is -3.00. The molecule has 1 aromatic carbocycles. The molecule has 0 spiro atoms. The number of aromatic nitrogens is 4. The van der Waals surface area contributed by atoms with Crippen LogP contribution >= 0.6 is 11.3 Å². The number of nitrogens with one attached hydrogen (secondary N) is 1. The molecule has 0 bridgehead atoms. The highest BCUT2D eigenvalue weighted by atomic mass is 32.1. The van der Waals surface area contributed by atoms with Crippen LogP contribution in [0.5, 0.6) is 0 Å². The summed E-state index contributed by atoms with van der Waals surface area (Å²) >= 11 is 1.60. The van der Waals surface area contributed by atoms with Crippen molar-refractivity contribution in [1.29, 1.82) is 0 Å². The SMILES string of the molecule is Cc1cc2c(N[C@@H]3C[C@H]3c3ccc(F)c(F)c3)nc(-c3ccncn3)nc2s1. The van der Waals surface area contributed by atoms with Gasteiger partial charge >= 0.3 is 0 Å². The van der Waals surface area contributed by atoms with Crippen molar-refractivity contribution in [3.63, 3.8) is 0 Å². The van der Waals surface area contributed by atoms with Gasteiger partial charge < -0.3 is 5.32 Å². The molecular weight excluding hydrogens is 380 g/mol. The lowest BCUT2D eigenvalue weighted by Crippen LogP contribution is -2.08. The fourth-order valence-corrected chi connectivity index (χ4v) is 4.21. The van der Waals surface area contributed by atoms with Crippen LogP contribution < -0.4 is 5.32 Å². The van der Waals surface area contributed by atoms with Gasteiger partial charge in [0, 0.05) is 23.0 Å². The molecule has 1 fully saturated rings. The maximum Gasteiger partial charge on any atom is 0.181 e. The molecule has 3 aromatic heterocycles. The second-order valence-corrected chi connectivity index (χ2v) is 8.07. The average Bonchev–Trinajstić information content (AvgIpc) is 3.35. The van der Waals surface area contributed by atoms with Crippen molar-refractivity contribution in [3.05, 3.63) is 64.9 Å². The molecule has 0 saturated heterocycles. The van der Waals surface area contributed by atoms with Crippen LogP contribution in [0.1, 0.15) is 22.8 Å². The van der Waals surface area contributed by atoms with Crippen LogP contribution in [0, 0.1) is 18.6 Å². The summed E-state index contributed by atoms with van der Waals surface area (Å²) in [4.78, 5) is 19.5. The molecule has 1 aliphatic rings. The van der Waals surface area contributed by atoms with Gasteiger partial charge in [0.15, 0.2) is 17.5 Å². The molecule has 4 aromatic rings. The molecule has 140 valence electrons. The van der Waals surface area contributed by atoms with Crippen LogP contribution in [0.3, 0.4) is 0 Å². The second kappa shape index (κ2) is 6.56. The van der Waals surface area contributed by atoms with Crippen LogP contribution in [-0.4, -0.2) is 26.0 Å². The van der Waals surface area contributed by atoms with Gasteiger partial charge in [0.05, 0.1) is 5.39 Å². The van der Waals surface area contributed by atoms with Crippen LogP contribution in [0.15, 0.2) is 42.9 Å². The quantitative estimate of drug-likeness (QED) is 0.543. The van der Waals surface area contributed by atoms with Crippen LogP contribution in [0.25, 0.3) is 21.7 Å². The van der Waals surface area contributed by atoms with Crippen molar-refractivity contribution >= 4 is 27.4 Å². The topological polar surface area (TPSA) is 63.6 Å². The normalized spacial score (nSPS) is 18.4. The Morgan fingerprint density at radius 2 is 2.00 bits per heavy atom. The zero-order chi connectivity index (χ0) is 19.3. The van der Waals surface area contributed by atoms with E-state index in [1.165, 1.54) is 18.5 Å². The number of hydrogen-bond acceptors (Lipinski definition) is 6. The highest BCUT2D eigenvalue weighted by molar-refractivity contribution is 7.18. The molecule has 2 atom stereocenters. The van der Waals surface area contributed by atoms with E-state index in [4.69, 9.17) is 0 Å². The zero-order valence-corrected chi connectivity index (χ0v) is 15.7. The third kappa shape index (κ3) is 3.09. The summed E-state index contributed by atoms with van der Waals surface area (Å²) in [6.45, 7) is 2.03. The van der Waals surface area contributed by atoms with Gasteiger partial charge in [-0.2, -0.15) is 0 Å². The summed E-state index contributed by atoms with van der Waals surface area (Å²) in [6, 6.07) is 8.03. The summed E-state index contributed by atoms with van der Waals surface area (Å²) in [5.74, 6) is -0.244. The molecule has 1 saturated carbocycles. The molecule has 5 rings (SSSR count). The first-order valence-electron chi connectivity index (χ1n) is 8.84. The number of nitrogens with zero attached hydrogens (tertiary/aromatic N) is 4. The average molecular weight is 395 g/mol. The molecular formula is C20H15F2N5S. The molecule has 3 heterocycles. The predicted molar refractivity (Wildman–Crippen MR) is 104 cm³/mol. The van der Waals surface area contributed by atoms with Crippen molar-refractivity contribution in [2.45, 2.75) is 25.3 Å². The number of thiophene rings is 1. The summed E-state index contributed by atoms with van der Waals surface area (Å²) in [7, 11) is 0. The van der Waals surface area contributed by atoms with E-state index in [1.807, 2.05) is 6.92 Å². The molecule has 28 heavy (non-hydrogen) atoms. The van der Waals surface area contributed by atoms with E-state index in [2.05, 4.69) is 31.3 Å². The van der Waals surface area contributed by atoms with Gasteiger partial charge in [0.2, 0.25) is 0 Å². The lowest BCUT2D eigenvalue weighted by atomic mass is 10.1. The number of fused-ring (bicyclic) bond motifs is 1. The molecule has 1 aliphatic carbocycles. The van der Waals surface area contributed by atoms with E-state index in [1.54, 1.807) is 29.7 Å². The van der Waals surface area contributed by atoms with Gasteiger partial charge in [-0.3, -0.25) is 0 Å². The first-order valence-corrected chi connectivity index (χ1v) is 9.66. The number of anilines is 1. The van der Waals surface area contributed by atoms with Crippen molar-refractivity contribution in [2.24, 2.45) is 0 Å². The fraction of sp³-hybridized carbons (Fsp3) is 0.200. The van der Waals surface area contributed by atoms with Gasteiger partial charge in [-0.15, -0.1) is 11.3 Å². The number of rotatable bonds is 4. The van der Waals surface area contributed by atoms with E-state index >= 15 is 0 Å². The van der Waals surface area contributed by atoms with Gasteiger partial charge in [0.1, 0.15) is 22.7 Å². The largest absolute Gasteiger partial charge is 0.366 e. The third-order valence-corrected chi connectivity index (χ3v) is 5.76. The lowest BCUT2D eigenvalue weighted by molar-refractivity contribution is 0.507. The molecule has 0 amide bonds. The summed E-state index contributed by atoms with van der Waals surface area (Å²) in [5.41, 5.74) is 1.44. The lowest BCUT2D eigenvalue weighted by Gasteiger charge is -2.09. The van der Waals surface area contributed by atoms with Gasteiger partial charge in [-0.1, -0.05) is 6.07 Å². The van der Waals surface area contributed by atoms with Gasteiger partial charge in [-0.25, -0.2) is 28.7 Å². The van der Waals surface area contributed by atoms with Gasteiger partial charge in [-0.05, 0) is 43.2 Å². The number of aryl methyl sites for hydroxylation is 1. The Bertz CT molecular complexity index is 1180. The minimum absolute atomic E-state index is 0.112. The van der Waals surface area contributed by atoms with E-state index in [9.17, 15) is 8.78 Å². The van der Waals surface area contributed by atoms with Gasteiger partial charge in [0.25, 0.3) is 0 Å². The fourth-order valence-electron chi connectivity index (χ4n) is 3.33. The Kier molecular flexibility index (Phi) is 4.01. The van der Waals surface area contributed by atoms with Crippen LogP contribution in [-0.2, 0) is 0 Å². The smallest absolute Gasteiger partial charge is 0.181 e. The summed E-state index contributed by atoms with van der Waals surface area (Å²) < 4.78 is 26.7. The third-order valence-electron chi connectivity index (χ3n) is 4.81. The first kappa shape index (κ1) is 17.1. The van der Waals surface area contributed by atoms with Crippen molar-refractivity contribution in [1.82, 2.24) is 19.9 Å². The molecule has 0 aliphatic heterocycles. The molecule has 0 unspecified atom stereocenters. The van der Waals surface area contributed by atoms with Crippen LogP contribution in [0.2, 0.25) is 0 Å². The first-order chi connectivity index (χ1) is 13.6. The Morgan fingerprint density at radius 3 is 2.79 bits per heavy atom. The molecule has 5 nitrogen and oxygen atoms in total. The Morgan fingerprint density at radius 1 is 1.11 bits per heavy atom. The maximum atomic E-state index is 13.5. The van der Waals surface area contributed by atoms with Crippen molar-refractivity contribution in [2.75, 3.05) is 5.32 Å². The highest BCUT2D eigenvalue weighted by Crippen LogP contribution is 2.44. The highest BCUT2D eigenvalue weighted by Gasteiger charge is 2.39. The van der Waals surface area contributed by atoms with Crippen molar-refractivity contribution < 1.29 is 8.78 Å². The molecule has 1 N–H and O–H groups in total. The Balaban J connectivity index is 1.48. The molecule has 0 radical (unpaired) electrons. The predicted octanol–water partition coefficient (Wildman–Crippen LogP) is 4.70. The summed E-state index contributed by atoms with van der Waals surface area (Å²) in [5, 5.41) is 4.42. The van der Waals surface area contributed by atoms with E-state index in [0.29, 0.717) is 11.5 Å². The standard InChI is InChI=1S/C20H15F2N5S/c1-10-6-13-18(25-17-8-12(17)11-2-3-14(21)15(22)7-11)26-19(27-20(13)28-10)16-4-5-23-9-24-16/h2-7,9,12,17H,8H2,1H3,(H,25,26,27)/t12-,17+/m0/s1. The van der Waals surface area contributed by atoms with E-state index in [-0.39, 0.29) is 12.0 Å². The van der Waals surface area contributed by atoms with Crippen molar-refractivity contribution in [3.8, 4) is 11.5 Å². The zero-order valence-electron chi connectivity index (χ0n) is 14.9. The number of benzene rings is 1. The number of halogens is 2. The van der Waals surface area contributed by atoms with Crippen LogP contribution in [0.4, 0.5) is 14.6 Å². The van der Waals surface area contributed by atoms with E-state index in [0.717, 1.165) is 32.9 Å². The monoisotopic (exact) mass is 395 g/mol. The summed E-state index contributed by atoms with van der Waals surface area (Å²) in [6.07, 6.45) is 3.96. The second-order valence-electron chi connectivity index (χ2n) is 6.83. The minimum atomic E-state index is -0.824. The molecule has 8 heteroatoms.